The lowest BCUT2D eigenvalue weighted by atomic mass is 10.2. The van der Waals surface area contributed by atoms with E-state index in [-0.39, 0.29) is 17.3 Å². The van der Waals surface area contributed by atoms with Crippen molar-refractivity contribution in [1.82, 2.24) is 10.4 Å². The standard InChI is InChI=1S/C19H14N4O5/c24-16-6-3-14(4-7-16)19(25)22-21-11-13-1-8-17(9-2-13)28-18-10-5-15(12-20-18)23(26)27/h1-12,24H,(H,22,25)/b21-11+. The number of rotatable bonds is 6. The van der Waals surface area contributed by atoms with Gasteiger partial charge in [-0.2, -0.15) is 5.10 Å². The number of nitrogens with one attached hydrogen (secondary N) is 1. The molecule has 0 saturated heterocycles. The second-order valence-electron chi connectivity index (χ2n) is 5.53. The summed E-state index contributed by atoms with van der Waals surface area (Å²) >= 11 is 0. The van der Waals surface area contributed by atoms with Crippen molar-refractivity contribution in [2.24, 2.45) is 5.10 Å². The third-order valence-corrected chi connectivity index (χ3v) is 3.54. The first kappa shape index (κ1) is 18.5. The van der Waals surface area contributed by atoms with Gasteiger partial charge in [-0.3, -0.25) is 14.9 Å². The molecule has 0 aliphatic rings. The van der Waals surface area contributed by atoms with Crippen molar-refractivity contribution in [2.75, 3.05) is 0 Å². The molecule has 2 aromatic carbocycles. The number of amides is 1. The van der Waals surface area contributed by atoms with Gasteiger partial charge in [-0.05, 0) is 54.1 Å². The van der Waals surface area contributed by atoms with Crippen LogP contribution in [0.5, 0.6) is 17.4 Å². The molecule has 0 atom stereocenters. The maximum Gasteiger partial charge on any atom is 0.287 e. The van der Waals surface area contributed by atoms with Crippen molar-refractivity contribution >= 4 is 17.8 Å². The quantitative estimate of drug-likeness (QED) is 0.385. The Bertz CT molecular complexity index is 1000. The average molecular weight is 378 g/mol. The Morgan fingerprint density at radius 2 is 1.82 bits per heavy atom. The van der Waals surface area contributed by atoms with E-state index in [0.29, 0.717) is 11.3 Å². The zero-order valence-electron chi connectivity index (χ0n) is 14.4. The van der Waals surface area contributed by atoms with E-state index in [2.05, 4.69) is 15.5 Å². The van der Waals surface area contributed by atoms with Crippen LogP contribution in [0, 0.1) is 10.1 Å². The van der Waals surface area contributed by atoms with Gasteiger partial charge in [0.1, 0.15) is 17.7 Å². The minimum atomic E-state index is -0.536. The van der Waals surface area contributed by atoms with Crippen LogP contribution in [0.1, 0.15) is 15.9 Å². The van der Waals surface area contributed by atoms with Gasteiger partial charge in [-0.15, -0.1) is 0 Å². The lowest BCUT2D eigenvalue weighted by Gasteiger charge is -2.04. The number of carbonyl (C=O) groups is 1. The lowest BCUT2D eigenvalue weighted by molar-refractivity contribution is -0.385. The highest BCUT2D eigenvalue weighted by Crippen LogP contribution is 2.21. The van der Waals surface area contributed by atoms with Gasteiger partial charge in [0.2, 0.25) is 5.88 Å². The molecular formula is C19H14N4O5. The number of aromatic hydroxyl groups is 1. The second-order valence-corrected chi connectivity index (χ2v) is 5.53. The van der Waals surface area contributed by atoms with Gasteiger partial charge in [0.25, 0.3) is 11.6 Å². The monoisotopic (exact) mass is 378 g/mol. The zero-order chi connectivity index (χ0) is 19.9. The van der Waals surface area contributed by atoms with Crippen molar-refractivity contribution in [2.45, 2.75) is 0 Å². The molecule has 1 aromatic heterocycles. The molecule has 0 spiro atoms. The summed E-state index contributed by atoms with van der Waals surface area (Å²) in [6.45, 7) is 0. The molecular weight excluding hydrogens is 364 g/mol. The van der Waals surface area contributed by atoms with E-state index in [9.17, 15) is 20.0 Å². The van der Waals surface area contributed by atoms with Gasteiger partial charge in [-0.25, -0.2) is 10.4 Å². The van der Waals surface area contributed by atoms with Crippen LogP contribution in [0.4, 0.5) is 5.69 Å². The second kappa shape index (κ2) is 8.41. The van der Waals surface area contributed by atoms with E-state index in [0.717, 1.165) is 11.8 Å². The molecule has 1 amide bonds. The van der Waals surface area contributed by atoms with Crippen molar-refractivity contribution in [3.8, 4) is 17.4 Å². The van der Waals surface area contributed by atoms with Crippen molar-refractivity contribution in [3.63, 3.8) is 0 Å². The van der Waals surface area contributed by atoms with E-state index < -0.39 is 10.8 Å². The maximum absolute atomic E-state index is 11.9. The van der Waals surface area contributed by atoms with Crippen LogP contribution in [0.2, 0.25) is 0 Å². The number of nitrogens with zero attached hydrogens (tertiary/aromatic N) is 3. The first-order valence-corrected chi connectivity index (χ1v) is 8.02. The number of hydrazone groups is 1. The number of benzene rings is 2. The Hall–Kier alpha value is -4.27. The summed E-state index contributed by atoms with van der Waals surface area (Å²) in [5, 5.41) is 23.7. The SMILES string of the molecule is O=C(N/N=C/c1ccc(Oc2ccc([N+](=O)[O-])cn2)cc1)c1ccc(O)cc1. The molecule has 3 aromatic rings. The number of phenols is 1. The predicted molar refractivity (Wildman–Crippen MR) is 101 cm³/mol. The number of hydrogen-bond acceptors (Lipinski definition) is 7. The molecule has 28 heavy (non-hydrogen) atoms. The van der Waals surface area contributed by atoms with E-state index in [1.807, 2.05) is 0 Å². The van der Waals surface area contributed by atoms with Gasteiger partial charge < -0.3 is 9.84 Å². The third kappa shape index (κ3) is 4.88. The first-order chi connectivity index (χ1) is 13.5. The topological polar surface area (TPSA) is 127 Å². The number of phenolic OH excluding ortho intramolecular Hbond substituents is 1. The van der Waals surface area contributed by atoms with E-state index >= 15 is 0 Å². The molecule has 9 nitrogen and oxygen atoms in total. The van der Waals surface area contributed by atoms with Crippen LogP contribution in [0.25, 0.3) is 0 Å². The molecule has 1 heterocycles. The van der Waals surface area contributed by atoms with Crippen LogP contribution in [0.15, 0.2) is 72.0 Å². The Labute approximate surface area is 159 Å². The molecule has 9 heteroatoms. The highest BCUT2D eigenvalue weighted by molar-refractivity contribution is 5.94. The van der Waals surface area contributed by atoms with Crippen LogP contribution in [-0.2, 0) is 0 Å². The highest BCUT2D eigenvalue weighted by atomic mass is 16.6. The largest absolute Gasteiger partial charge is 0.508 e. The average Bonchev–Trinajstić information content (AvgIpc) is 2.70. The van der Waals surface area contributed by atoms with Crippen LogP contribution in [-0.4, -0.2) is 27.1 Å². The Morgan fingerprint density at radius 3 is 2.43 bits per heavy atom. The number of hydrogen-bond donors (Lipinski definition) is 2. The number of pyridine rings is 1. The molecule has 2 N–H and O–H groups in total. The van der Waals surface area contributed by atoms with Crippen molar-refractivity contribution in [1.29, 1.82) is 0 Å². The van der Waals surface area contributed by atoms with Crippen molar-refractivity contribution < 1.29 is 19.6 Å². The van der Waals surface area contributed by atoms with Gasteiger partial charge in [0.05, 0.1) is 11.1 Å². The molecule has 0 fully saturated rings. The number of carbonyl (C=O) groups excluding carboxylic acids is 1. The van der Waals surface area contributed by atoms with E-state index in [1.54, 1.807) is 24.3 Å². The van der Waals surface area contributed by atoms with Crippen LogP contribution >= 0.6 is 0 Å². The summed E-state index contributed by atoms with van der Waals surface area (Å²) in [4.78, 5) is 25.8. The number of aromatic nitrogens is 1. The Balaban J connectivity index is 1.56. The fourth-order valence-electron chi connectivity index (χ4n) is 2.13. The van der Waals surface area contributed by atoms with Gasteiger partial charge >= 0.3 is 0 Å². The highest BCUT2D eigenvalue weighted by Gasteiger charge is 2.06. The van der Waals surface area contributed by atoms with Gasteiger partial charge in [-0.1, -0.05) is 0 Å². The molecule has 0 unspecified atom stereocenters. The zero-order valence-corrected chi connectivity index (χ0v) is 14.4. The summed E-state index contributed by atoms with van der Waals surface area (Å²) < 4.78 is 5.51. The van der Waals surface area contributed by atoms with Gasteiger partial charge in [0.15, 0.2) is 0 Å². The predicted octanol–water partition coefficient (Wildman–Crippen LogP) is 3.25. The Morgan fingerprint density at radius 1 is 1.11 bits per heavy atom. The normalized spacial score (nSPS) is 10.6. The van der Waals surface area contributed by atoms with E-state index in [1.165, 1.54) is 42.6 Å². The smallest absolute Gasteiger partial charge is 0.287 e. The van der Waals surface area contributed by atoms with Gasteiger partial charge in [0, 0.05) is 17.7 Å². The minimum Gasteiger partial charge on any atom is -0.508 e. The summed E-state index contributed by atoms with van der Waals surface area (Å²) in [7, 11) is 0. The van der Waals surface area contributed by atoms with Crippen LogP contribution < -0.4 is 10.2 Å². The number of nitro groups is 1. The van der Waals surface area contributed by atoms with Crippen LogP contribution in [0.3, 0.4) is 0 Å². The first-order valence-electron chi connectivity index (χ1n) is 8.02. The molecule has 0 saturated carbocycles. The van der Waals surface area contributed by atoms with Crippen molar-refractivity contribution in [3.05, 3.63) is 88.1 Å². The molecule has 0 radical (unpaired) electrons. The fraction of sp³-hybridized carbons (Fsp3) is 0. The molecule has 0 aliphatic carbocycles. The molecule has 3 rings (SSSR count). The molecule has 0 aliphatic heterocycles. The molecule has 140 valence electrons. The number of ether oxygens (including phenoxy) is 1. The third-order valence-electron chi connectivity index (χ3n) is 3.54. The molecule has 0 bridgehead atoms. The fourth-order valence-corrected chi connectivity index (χ4v) is 2.13. The van der Waals surface area contributed by atoms with E-state index in [4.69, 9.17) is 4.74 Å². The summed E-state index contributed by atoms with van der Waals surface area (Å²) in [5.41, 5.74) is 3.36. The maximum atomic E-state index is 11.9. The minimum absolute atomic E-state index is 0.0753. The summed E-state index contributed by atoms with van der Waals surface area (Å²) in [6, 6.07) is 15.3. The summed E-state index contributed by atoms with van der Waals surface area (Å²) in [6.07, 6.45) is 2.58. The Kier molecular flexibility index (Phi) is 5.56. The lowest BCUT2D eigenvalue weighted by Crippen LogP contribution is -2.17. The summed E-state index contributed by atoms with van der Waals surface area (Å²) in [5.74, 6) is 0.395.